The van der Waals surface area contributed by atoms with E-state index in [9.17, 15) is 4.79 Å². The lowest BCUT2D eigenvalue weighted by atomic mass is 9.81. The molecule has 1 atom stereocenters. The fourth-order valence-electron chi connectivity index (χ4n) is 3.43. The Morgan fingerprint density at radius 1 is 1.08 bits per heavy atom. The van der Waals surface area contributed by atoms with Crippen molar-refractivity contribution in [2.45, 2.75) is 5.92 Å². The van der Waals surface area contributed by atoms with Gasteiger partial charge in [-0.25, -0.2) is 4.79 Å². The third kappa shape index (κ3) is 2.59. The summed E-state index contributed by atoms with van der Waals surface area (Å²) in [5.74, 6) is 0.414. The number of carbonyl (C=O) groups excluding carboxylic acids is 1. The van der Waals surface area contributed by atoms with Crippen molar-refractivity contribution in [3.05, 3.63) is 62.8 Å². The number of nitrogens with one attached hydrogen (secondary N) is 1. The Bertz CT molecular complexity index is 955. The summed E-state index contributed by atoms with van der Waals surface area (Å²) >= 11 is 12.5. The van der Waals surface area contributed by atoms with E-state index in [4.69, 9.17) is 37.4 Å². The van der Waals surface area contributed by atoms with Gasteiger partial charge in [0.15, 0.2) is 11.5 Å². The number of fused-ring (bicyclic) bond motifs is 1. The van der Waals surface area contributed by atoms with Crippen molar-refractivity contribution >= 4 is 34.9 Å². The molecule has 0 aliphatic carbocycles. The van der Waals surface area contributed by atoms with Crippen LogP contribution in [-0.2, 0) is 9.53 Å². The Balaban J connectivity index is 1.97. The van der Waals surface area contributed by atoms with Gasteiger partial charge in [0.2, 0.25) is 0 Å². The summed E-state index contributed by atoms with van der Waals surface area (Å²) in [6, 6.07) is 8.95. The molecule has 0 radical (unpaired) electrons. The molecule has 26 heavy (non-hydrogen) atoms. The number of cyclic esters (lactones) is 1. The fraction of sp³-hybridized carbons (Fsp3) is 0.211. The zero-order chi connectivity index (χ0) is 18.4. The Kier molecular flexibility index (Phi) is 4.21. The van der Waals surface area contributed by atoms with E-state index in [2.05, 4.69) is 5.32 Å². The van der Waals surface area contributed by atoms with Crippen molar-refractivity contribution in [3.63, 3.8) is 0 Å². The van der Waals surface area contributed by atoms with Crippen LogP contribution < -0.4 is 14.8 Å². The van der Waals surface area contributed by atoms with E-state index in [1.165, 1.54) is 0 Å². The summed E-state index contributed by atoms with van der Waals surface area (Å²) in [7, 11) is 3.15. The van der Waals surface area contributed by atoms with Crippen LogP contribution in [0.15, 0.2) is 41.6 Å². The summed E-state index contributed by atoms with van der Waals surface area (Å²) < 4.78 is 16.1. The number of methoxy groups -OCH3 is 2. The number of hydrogen-bond donors (Lipinski definition) is 1. The molecule has 2 aliphatic rings. The van der Waals surface area contributed by atoms with Gasteiger partial charge in [0.25, 0.3) is 0 Å². The van der Waals surface area contributed by atoms with Gasteiger partial charge < -0.3 is 19.5 Å². The molecule has 4 rings (SSSR count). The molecule has 0 aromatic heterocycles. The van der Waals surface area contributed by atoms with Crippen LogP contribution in [0.2, 0.25) is 10.0 Å². The number of ether oxygens (including phenoxy) is 3. The topological polar surface area (TPSA) is 56.8 Å². The third-order valence-corrected chi connectivity index (χ3v) is 5.17. The number of carbonyl (C=O) groups is 1. The van der Waals surface area contributed by atoms with Gasteiger partial charge in [0.1, 0.15) is 6.61 Å². The van der Waals surface area contributed by atoms with Crippen molar-refractivity contribution < 1.29 is 19.0 Å². The quantitative estimate of drug-likeness (QED) is 0.786. The summed E-state index contributed by atoms with van der Waals surface area (Å²) in [6.07, 6.45) is 0. The van der Waals surface area contributed by atoms with Gasteiger partial charge >= 0.3 is 5.97 Å². The van der Waals surface area contributed by atoms with Gasteiger partial charge in [-0.15, -0.1) is 0 Å². The van der Waals surface area contributed by atoms with Crippen LogP contribution in [0.25, 0.3) is 0 Å². The van der Waals surface area contributed by atoms with Crippen molar-refractivity contribution in [1.82, 2.24) is 0 Å². The van der Waals surface area contributed by atoms with Crippen molar-refractivity contribution in [2.24, 2.45) is 0 Å². The molecule has 0 fully saturated rings. The molecule has 0 saturated heterocycles. The van der Waals surface area contributed by atoms with Gasteiger partial charge in [-0.05, 0) is 29.3 Å². The predicted octanol–water partition coefficient (Wildman–Crippen LogP) is 4.38. The molecule has 0 spiro atoms. The molecule has 2 aliphatic heterocycles. The lowest BCUT2D eigenvalue weighted by molar-refractivity contribution is -0.136. The maximum absolute atomic E-state index is 12.4. The second-order valence-electron chi connectivity index (χ2n) is 5.99. The molecule has 1 N–H and O–H groups in total. The van der Waals surface area contributed by atoms with E-state index in [1.807, 2.05) is 18.2 Å². The predicted molar refractivity (Wildman–Crippen MR) is 99.5 cm³/mol. The highest BCUT2D eigenvalue weighted by molar-refractivity contribution is 6.35. The monoisotopic (exact) mass is 391 g/mol. The minimum atomic E-state index is -0.388. The summed E-state index contributed by atoms with van der Waals surface area (Å²) in [4.78, 5) is 12.4. The molecule has 2 aromatic carbocycles. The van der Waals surface area contributed by atoms with Crippen LogP contribution in [-0.4, -0.2) is 26.8 Å². The second kappa shape index (κ2) is 6.41. The highest BCUT2D eigenvalue weighted by atomic mass is 35.5. The van der Waals surface area contributed by atoms with Crippen molar-refractivity contribution in [2.75, 3.05) is 26.1 Å². The number of hydrogen-bond acceptors (Lipinski definition) is 5. The maximum atomic E-state index is 12.4. The Labute approximate surface area is 160 Å². The first-order valence-electron chi connectivity index (χ1n) is 7.91. The minimum Gasteiger partial charge on any atom is -0.493 e. The molecule has 2 heterocycles. The molecule has 0 saturated carbocycles. The van der Waals surface area contributed by atoms with Crippen LogP contribution in [0, 0.1) is 0 Å². The third-order valence-electron chi connectivity index (χ3n) is 4.61. The zero-order valence-electron chi connectivity index (χ0n) is 14.1. The smallest absolute Gasteiger partial charge is 0.337 e. The van der Waals surface area contributed by atoms with Crippen LogP contribution in [0.1, 0.15) is 17.0 Å². The van der Waals surface area contributed by atoms with Crippen LogP contribution >= 0.6 is 23.2 Å². The van der Waals surface area contributed by atoms with Crippen molar-refractivity contribution in [1.29, 1.82) is 0 Å². The average molecular weight is 392 g/mol. The van der Waals surface area contributed by atoms with E-state index >= 15 is 0 Å². The first-order chi connectivity index (χ1) is 12.5. The number of halogens is 2. The maximum Gasteiger partial charge on any atom is 0.337 e. The summed E-state index contributed by atoms with van der Waals surface area (Å²) in [5, 5.41) is 4.29. The lowest BCUT2D eigenvalue weighted by Gasteiger charge is -2.28. The van der Waals surface area contributed by atoms with Gasteiger partial charge in [-0.3, -0.25) is 0 Å². The van der Waals surface area contributed by atoms with Gasteiger partial charge in [-0.2, -0.15) is 0 Å². The summed E-state index contributed by atoms with van der Waals surface area (Å²) in [5.41, 5.74) is 3.72. The zero-order valence-corrected chi connectivity index (χ0v) is 15.6. The van der Waals surface area contributed by atoms with E-state index in [0.717, 1.165) is 22.5 Å². The van der Waals surface area contributed by atoms with Gasteiger partial charge in [-0.1, -0.05) is 29.3 Å². The highest BCUT2D eigenvalue weighted by Crippen LogP contribution is 2.49. The molecule has 0 amide bonds. The van der Waals surface area contributed by atoms with Gasteiger partial charge in [0.05, 0.1) is 25.5 Å². The molecular weight excluding hydrogens is 377 g/mol. The van der Waals surface area contributed by atoms with Gasteiger partial charge in [0, 0.05) is 27.7 Å². The number of benzene rings is 2. The first kappa shape index (κ1) is 17.1. The molecule has 0 unspecified atom stereocenters. The number of rotatable bonds is 3. The van der Waals surface area contributed by atoms with E-state index in [0.29, 0.717) is 27.1 Å². The molecule has 5 nitrogen and oxygen atoms in total. The summed E-state index contributed by atoms with van der Waals surface area (Å²) in [6.45, 7) is 0.198. The second-order valence-corrected chi connectivity index (χ2v) is 6.83. The minimum absolute atomic E-state index is 0.198. The highest BCUT2D eigenvalue weighted by Gasteiger charge is 2.39. The van der Waals surface area contributed by atoms with Crippen LogP contribution in [0.3, 0.4) is 0 Å². The van der Waals surface area contributed by atoms with Crippen molar-refractivity contribution in [3.8, 4) is 11.5 Å². The van der Waals surface area contributed by atoms with E-state index < -0.39 is 0 Å². The SMILES string of the molecule is COc1cc2c(cc1OC)[C@H](c1ccc(Cl)cc1Cl)C1=C(COC1=O)N2. The van der Waals surface area contributed by atoms with E-state index in [1.54, 1.807) is 26.4 Å². The van der Waals surface area contributed by atoms with E-state index in [-0.39, 0.29) is 18.5 Å². The van der Waals surface area contributed by atoms with Crippen LogP contribution in [0.4, 0.5) is 5.69 Å². The molecule has 2 aromatic rings. The number of esters is 1. The average Bonchev–Trinajstić information content (AvgIpc) is 3.00. The normalized spacial score (nSPS) is 18.0. The first-order valence-corrected chi connectivity index (χ1v) is 8.67. The van der Waals surface area contributed by atoms with Crippen LogP contribution in [0.5, 0.6) is 11.5 Å². The largest absolute Gasteiger partial charge is 0.493 e. The Hall–Kier alpha value is -2.37. The Morgan fingerprint density at radius 3 is 2.50 bits per heavy atom. The molecule has 134 valence electrons. The fourth-order valence-corrected chi connectivity index (χ4v) is 3.95. The Morgan fingerprint density at radius 2 is 1.81 bits per heavy atom. The molecular formula is C19H15Cl2NO4. The standard InChI is InChI=1S/C19H15Cl2NO4/c1-24-15-6-11-13(7-16(15)25-2)22-14-8-26-19(23)18(14)17(11)10-4-3-9(20)5-12(10)21/h3-7,17,22H,8H2,1-2H3/t17-/m0/s1. The molecule has 0 bridgehead atoms. The number of anilines is 1. The lowest BCUT2D eigenvalue weighted by Crippen LogP contribution is -2.20. The molecule has 7 heteroatoms.